The van der Waals surface area contributed by atoms with Crippen molar-refractivity contribution in [1.29, 1.82) is 5.26 Å². The fraction of sp³-hybridized carbons (Fsp3) is 0.476. The molecule has 0 N–H and O–H groups in total. The predicted molar refractivity (Wildman–Crippen MR) is 109 cm³/mol. The molecule has 2 aliphatic rings. The van der Waals surface area contributed by atoms with E-state index in [0.29, 0.717) is 6.42 Å². The Morgan fingerprint density at radius 2 is 2.14 bits per heavy atom. The number of hydrogen-bond acceptors (Lipinski definition) is 6. The summed E-state index contributed by atoms with van der Waals surface area (Å²) in [6, 6.07) is 4.42. The Morgan fingerprint density at radius 3 is 2.90 bits per heavy atom. The number of hydrazone groups is 1. The number of likely N-dealkylation sites (N-methyl/N-ethyl adjacent to an activating group) is 1. The van der Waals surface area contributed by atoms with Gasteiger partial charge in [0.05, 0.1) is 41.4 Å². The minimum absolute atomic E-state index is 0.152. The van der Waals surface area contributed by atoms with Gasteiger partial charge in [0.1, 0.15) is 11.5 Å². The third-order valence-corrected chi connectivity index (χ3v) is 6.21. The molecule has 1 unspecified atom stereocenters. The molecule has 0 spiro atoms. The van der Waals surface area contributed by atoms with Gasteiger partial charge in [0.15, 0.2) is 0 Å². The second-order valence-electron chi connectivity index (χ2n) is 8.16. The van der Waals surface area contributed by atoms with E-state index in [0.717, 1.165) is 55.0 Å². The normalized spacial score (nSPS) is 21.0. The Bertz CT molecular complexity index is 1100. The van der Waals surface area contributed by atoms with Gasteiger partial charge in [-0.05, 0) is 12.8 Å². The Balaban J connectivity index is 1.57. The highest BCUT2D eigenvalue weighted by molar-refractivity contribution is 5.70. The first kappa shape index (κ1) is 17.9. The molecule has 0 amide bonds. The highest BCUT2D eigenvalue weighted by Crippen LogP contribution is 2.38. The summed E-state index contributed by atoms with van der Waals surface area (Å²) in [6.45, 7) is 0.813. The van der Waals surface area contributed by atoms with E-state index in [-0.39, 0.29) is 11.5 Å². The van der Waals surface area contributed by atoms with Crippen molar-refractivity contribution in [2.45, 2.75) is 50.0 Å². The van der Waals surface area contributed by atoms with Gasteiger partial charge in [-0.25, -0.2) is 9.97 Å². The highest BCUT2D eigenvalue weighted by Gasteiger charge is 2.35. The lowest BCUT2D eigenvalue weighted by atomic mass is 9.80. The summed E-state index contributed by atoms with van der Waals surface area (Å²) >= 11 is 0. The van der Waals surface area contributed by atoms with Crippen LogP contribution in [0.1, 0.15) is 50.1 Å². The molecule has 0 saturated heterocycles. The van der Waals surface area contributed by atoms with Crippen LogP contribution in [-0.4, -0.2) is 49.0 Å². The molecular weight excluding hydrogens is 364 g/mol. The summed E-state index contributed by atoms with van der Waals surface area (Å²) in [4.78, 5) is 9.46. The van der Waals surface area contributed by atoms with E-state index >= 15 is 0 Å². The molecule has 1 saturated carbocycles. The largest absolute Gasteiger partial charge is 0.299 e. The van der Waals surface area contributed by atoms with Gasteiger partial charge in [0.25, 0.3) is 0 Å². The Hall–Kier alpha value is -3.21. The second kappa shape index (κ2) is 6.99. The van der Waals surface area contributed by atoms with E-state index in [1.807, 2.05) is 45.8 Å². The third kappa shape index (κ3) is 3.07. The molecular formula is C21H24N8. The average Bonchev–Trinajstić information content (AvgIpc) is 3.48. The van der Waals surface area contributed by atoms with Gasteiger partial charge in [-0.15, -0.1) is 0 Å². The molecule has 3 aromatic heterocycles. The van der Waals surface area contributed by atoms with E-state index in [9.17, 15) is 5.26 Å². The molecule has 1 atom stereocenters. The minimum Gasteiger partial charge on any atom is -0.299 e. The number of fused-ring (bicyclic) bond motifs is 1. The van der Waals surface area contributed by atoms with Crippen LogP contribution < -0.4 is 0 Å². The van der Waals surface area contributed by atoms with E-state index in [1.165, 1.54) is 6.42 Å². The van der Waals surface area contributed by atoms with Gasteiger partial charge in [-0.2, -0.15) is 15.5 Å². The summed E-state index contributed by atoms with van der Waals surface area (Å²) in [6.07, 6.45) is 15.6. The molecule has 1 fully saturated rings. The number of rotatable bonds is 4. The van der Waals surface area contributed by atoms with E-state index < -0.39 is 0 Å². The summed E-state index contributed by atoms with van der Waals surface area (Å²) < 4.78 is 4.02. The van der Waals surface area contributed by atoms with Crippen LogP contribution in [0, 0.1) is 11.3 Å². The first-order valence-corrected chi connectivity index (χ1v) is 10.2. The van der Waals surface area contributed by atoms with Crippen LogP contribution >= 0.6 is 0 Å². The van der Waals surface area contributed by atoms with Crippen molar-refractivity contribution in [1.82, 2.24) is 29.2 Å². The molecule has 0 aromatic carbocycles. The molecule has 3 aromatic rings. The summed E-state index contributed by atoms with van der Waals surface area (Å²) in [5.41, 5.74) is 2.58. The molecule has 8 heteroatoms. The molecule has 1 aliphatic heterocycles. The average molecular weight is 388 g/mol. The van der Waals surface area contributed by atoms with E-state index in [4.69, 9.17) is 10.1 Å². The summed E-state index contributed by atoms with van der Waals surface area (Å²) in [7, 11) is 1.97. The molecule has 5 rings (SSSR count). The predicted octanol–water partition coefficient (Wildman–Crippen LogP) is 3.18. The van der Waals surface area contributed by atoms with Crippen LogP contribution in [0.2, 0.25) is 0 Å². The zero-order chi connectivity index (χ0) is 19.8. The SMILES string of the molecule is CN1CC(c2cc3nccn3c(-c3cnn(C4(CC#N)CCCCC4)c3)n2)C=N1. The van der Waals surface area contributed by atoms with Crippen LogP contribution in [0.5, 0.6) is 0 Å². The number of nitrogens with zero attached hydrogens (tertiary/aromatic N) is 8. The molecule has 4 heterocycles. The lowest BCUT2D eigenvalue weighted by Gasteiger charge is -2.35. The van der Waals surface area contributed by atoms with Crippen LogP contribution in [0.15, 0.2) is 36.0 Å². The molecule has 0 radical (unpaired) electrons. The molecule has 1 aliphatic carbocycles. The Morgan fingerprint density at radius 1 is 1.28 bits per heavy atom. The maximum atomic E-state index is 9.43. The van der Waals surface area contributed by atoms with Gasteiger partial charge in [-0.1, -0.05) is 19.3 Å². The number of imidazole rings is 1. The smallest absolute Gasteiger partial charge is 0.149 e. The zero-order valence-corrected chi connectivity index (χ0v) is 16.6. The van der Waals surface area contributed by atoms with Gasteiger partial charge < -0.3 is 0 Å². The zero-order valence-electron chi connectivity index (χ0n) is 16.6. The van der Waals surface area contributed by atoms with Crippen LogP contribution in [0.25, 0.3) is 17.0 Å². The number of aromatic nitrogens is 5. The van der Waals surface area contributed by atoms with Gasteiger partial charge in [0, 0.05) is 44.5 Å². The van der Waals surface area contributed by atoms with Crippen molar-refractivity contribution in [3.05, 3.63) is 36.5 Å². The van der Waals surface area contributed by atoms with Crippen molar-refractivity contribution >= 4 is 11.9 Å². The van der Waals surface area contributed by atoms with Gasteiger partial charge >= 0.3 is 0 Å². The van der Waals surface area contributed by atoms with E-state index in [1.54, 1.807) is 6.20 Å². The van der Waals surface area contributed by atoms with Gasteiger partial charge in [-0.3, -0.25) is 14.1 Å². The van der Waals surface area contributed by atoms with Crippen LogP contribution in [0.3, 0.4) is 0 Å². The Labute approximate surface area is 169 Å². The fourth-order valence-electron chi connectivity index (χ4n) is 4.62. The topological polar surface area (TPSA) is 87.4 Å². The van der Waals surface area contributed by atoms with Crippen molar-refractivity contribution in [2.24, 2.45) is 5.10 Å². The second-order valence-corrected chi connectivity index (χ2v) is 8.16. The number of hydrogen-bond donors (Lipinski definition) is 0. The van der Waals surface area contributed by atoms with E-state index in [2.05, 4.69) is 22.4 Å². The summed E-state index contributed by atoms with van der Waals surface area (Å²) in [5.74, 6) is 0.978. The van der Waals surface area contributed by atoms with Crippen LogP contribution in [0.4, 0.5) is 0 Å². The first-order chi connectivity index (χ1) is 14.2. The maximum Gasteiger partial charge on any atom is 0.149 e. The highest BCUT2D eigenvalue weighted by atomic mass is 15.4. The fourth-order valence-corrected chi connectivity index (χ4v) is 4.62. The standard InChI is InChI=1S/C21H24N8/c1-27-14-16(12-24-27)18-11-19-23-9-10-28(19)20(26-18)17-13-25-29(15-17)21(7-8-22)5-3-2-4-6-21/h9-13,15-16H,2-7,14H2,1H3. The van der Waals surface area contributed by atoms with Crippen molar-refractivity contribution < 1.29 is 0 Å². The Kier molecular flexibility index (Phi) is 4.31. The third-order valence-electron chi connectivity index (χ3n) is 6.21. The maximum absolute atomic E-state index is 9.43. The minimum atomic E-state index is -0.197. The molecule has 148 valence electrons. The lowest BCUT2D eigenvalue weighted by Crippen LogP contribution is -2.36. The van der Waals surface area contributed by atoms with Gasteiger partial charge in [0.2, 0.25) is 0 Å². The van der Waals surface area contributed by atoms with Crippen molar-refractivity contribution in [3.8, 4) is 17.5 Å². The quantitative estimate of drug-likeness (QED) is 0.685. The van der Waals surface area contributed by atoms with Crippen molar-refractivity contribution in [2.75, 3.05) is 13.6 Å². The molecule has 8 nitrogen and oxygen atoms in total. The molecule has 29 heavy (non-hydrogen) atoms. The molecule has 0 bridgehead atoms. The summed E-state index contributed by atoms with van der Waals surface area (Å²) in [5, 5.41) is 20.4. The monoisotopic (exact) mass is 388 g/mol. The first-order valence-electron chi connectivity index (χ1n) is 10.2. The van der Waals surface area contributed by atoms with Crippen molar-refractivity contribution in [3.63, 3.8) is 0 Å². The number of nitriles is 1. The van der Waals surface area contributed by atoms with Crippen LogP contribution in [-0.2, 0) is 5.54 Å². The lowest BCUT2D eigenvalue weighted by molar-refractivity contribution is 0.178.